The quantitative estimate of drug-likeness (QED) is 0.563. The van der Waals surface area contributed by atoms with Crippen LogP contribution in [-0.4, -0.2) is 18.4 Å². The lowest BCUT2D eigenvalue weighted by Crippen LogP contribution is -2.14. The number of hydrogen-bond donors (Lipinski definition) is 0. The molecule has 0 aromatic rings. The average Bonchev–Trinajstić information content (AvgIpc) is 1.87. The van der Waals surface area contributed by atoms with Gasteiger partial charge in [-0.2, -0.15) is 0 Å². The standard InChI is InChI=1S/C8H11O3/c1-4-11-8(10)5-6(2)7(3)9/h5H,2,4H2,1,3H3. The van der Waals surface area contributed by atoms with Crippen molar-refractivity contribution in [2.75, 3.05) is 6.61 Å². The summed E-state index contributed by atoms with van der Waals surface area (Å²) in [4.78, 5) is 21.2. The summed E-state index contributed by atoms with van der Waals surface area (Å²) in [5.41, 5.74) is 0. The minimum atomic E-state index is -0.521. The lowest BCUT2D eigenvalue weighted by atomic mass is 10.0. The first-order chi connectivity index (χ1) is 5.07. The molecule has 3 nitrogen and oxygen atoms in total. The van der Waals surface area contributed by atoms with Crippen molar-refractivity contribution in [3.05, 3.63) is 19.3 Å². The van der Waals surface area contributed by atoms with Gasteiger partial charge < -0.3 is 4.74 Å². The molecule has 0 spiro atoms. The first-order valence-electron chi connectivity index (χ1n) is 3.29. The van der Waals surface area contributed by atoms with Gasteiger partial charge in [-0.1, -0.05) is 0 Å². The molecule has 0 unspecified atom stereocenters. The van der Waals surface area contributed by atoms with E-state index in [4.69, 9.17) is 0 Å². The molecule has 11 heavy (non-hydrogen) atoms. The van der Waals surface area contributed by atoms with E-state index in [1.807, 2.05) is 0 Å². The highest BCUT2D eigenvalue weighted by molar-refractivity contribution is 6.00. The van der Waals surface area contributed by atoms with Crippen molar-refractivity contribution in [1.82, 2.24) is 0 Å². The molecule has 0 rings (SSSR count). The van der Waals surface area contributed by atoms with Crippen LogP contribution in [0, 0.1) is 19.3 Å². The fourth-order valence-electron chi connectivity index (χ4n) is 0.428. The van der Waals surface area contributed by atoms with Crippen molar-refractivity contribution in [3.63, 3.8) is 0 Å². The molecule has 0 saturated carbocycles. The number of esters is 1. The van der Waals surface area contributed by atoms with Crippen molar-refractivity contribution < 1.29 is 14.3 Å². The summed E-state index contributed by atoms with van der Waals surface area (Å²) in [6.45, 7) is 6.72. The molecule has 3 heteroatoms. The van der Waals surface area contributed by atoms with E-state index in [1.54, 1.807) is 6.92 Å². The van der Waals surface area contributed by atoms with Gasteiger partial charge in [0.15, 0.2) is 0 Å². The van der Waals surface area contributed by atoms with Crippen LogP contribution in [0.4, 0.5) is 0 Å². The molecule has 0 fully saturated rings. The summed E-state index contributed by atoms with van der Waals surface area (Å²) in [5.74, 6) is -0.575. The number of ketones is 1. The molecule has 0 aliphatic heterocycles. The van der Waals surface area contributed by atoms with Crippen molar-refractivity contribution in [1.29, 1.82) is 0 Å². The predicted molar refractivity (Wildman–Crippen MR) is 40.2 cm³/mol. The van der Waals surface area contributed by atoms with Crippen molar-refractivity contribution in [2.45, 2.75) is 13.8 Å². The fourth-order valence-corrected chi connectivity index (χ4v) is 0.428. The highest BCUT2D eigenvalue weighted by atomic mass is 16.5. The molecule has 0 aromatic carbocycles. The summed E-state index contributed by atoms with van der Waals surface area (Å²) in [6, 6.07) is 0. The smallest absolute Gasteiger partial charge is 0.310 e. The summed E-state index contributed by atoms with van der Waals surface area (Å²) in [5, 5.41) is 0. The van der Waals surface area contributed by atoms with Gasteiger partial charge in [-0.15, -0.1) is 0 Å². The zero-order valence-electron chi connectivity index (χ0n) is 6.72. The molecule has 0 aliphatic carbocycles. The third-order valence-electron chi connectivity index (χ3n) is 1.03. The van der Waals surface area contributed by atoms with Gasteiger partial charge in [-0.3, -0.25) is 9.59 Å². The van der Waals surface area contributed by atoms with Crippen LogP contribution < -0.4 is 0 Å². The molecule has 0 atom stereocenters. The van der Waals surface area contributed by atoms with Gasteiger partial charge in [-0.05, 0) is 20.8 Å². The maximum Gasteiger partial charge on any atom is 0.310 e. The molecular weight excluding hydrogens is 144 g/mol. The largest absolute Gasteiger partial charge is 0.466 e. The van der Waals surface area contributed by atoms with Gasteiger partial charge in [-0.25, -0.2) is 0 Å². The second kappa shape index (κ2) is 4.88. The first-order valence-corrected chi connectivity index (χ1v) is 3.29. The van der Waals surface area contributed by atoms with Crippen LogP contribution in [0.15, 0.2) is 0 Å². The Bertz CT molecular complexity index is 151. The first kappa shape index (κ1) is 10.1. The van der Waals surface area contributed by atoms with Gasteiger partial charge >= 0.3 is 5.97 Å². The van der Waals surface area contributed by atoms with E-state index in [9.17, 15) is 9.59 Å². The number of rotatable bonds is 4. The molecule has 0 heterocycles. The van der Waals surface area contributed by atoms with Crippen molar-refractivity contribution >= 4 is 11.8 Å². The normalized spacial score (nSPS) is 9.82. The summed E-state index contributed by atoms with van der Waals surface area (Å²) in [6.07, 6.45) is 1.09. The molecule has 61 valence electrons. The lowest BCUT2D eigenvalue weighted by Gasteiger charge is -2.04. The fraction of sp³-hybridized carbons (Fsp3) is 0.375. The van der Waals surface area contributed by atoms with Crippen LogP contribution in [0.2, 0.25) is 0 Å². The number of carbonyl (C=O) groups is 2. The average molecular weight is 155 g/mol. The molecule has 0 saturated heterocycles. The maximum absolute atomic E-state index is 10.7. The van der Waals surface area contributed by atoms with E-state index in [1.165, 1.54) is 6.92 Å². The predicted octanol–water partition coefficient (Wildman–Crippen LogP) is 0.751. The third-order valence-corrected chi connectivity index (χ3v) is 1.03. The Kier molecular flexibility index (Phi) is 4.50. The van der Waals surface area contributed by atoms with Crippen molar-refractivity contribution in [2.24, 2.45) is 0 Å². The van der Waals surface area contributed by atoms with Crippen LogP contribution in [-0.2, 0) is 14.3 Å². The zero-order chi connectivity index (χ0) is 8.85. The summed E-state index contributed by atoms with van der Waals surface area (Å²) >= 11 is 0. The highest BCUT2D eigenvalue weighted by Gasteiger charge is 2.14. The second-order valence-corrected chi connectivity index (χ2v) is 1.98. The zero-order valence-corrected chi connectivity index (χ0v) is 6.72. The maximum atomic E-state index is 10.7. The van der Waals surface area contributed by atoms with Gasteiger partial charge in [0.25, 0.3) is 0 Å². The molecule has 0 aliphatic rings. The van der Waals surface area contributed by atoms with Crippen molar-refractivity contribution in [3.8, 4) is 0 Å². The Labute approximate surface area is 66.7 Å². The summed E-state index contributed by atoms with van der Waals surface area (Å²) < 4.78 is 4.56. The SMILES string of the molecule is [CH2][C]([CH]C(=O)OCC)C(C)=O. The van der Waals surface area contributed by atoms with Crippen LogP contribution >= 0.6 is 0 Å². The van der Waals surface area contributed by atoms with Crippen LogP contribution in [0.3, 0.4) is 0 Å². The second-order valence-electron chi connectivity index (χ2n) is 1.98. The Morgan fingerprint density at radius 2 is 2.09 bits per heavy atom. The number of carbonyl (C=O) groups excluding carboxylic acids is 2. The van der Waals surface area contributed by atoms with Gasteiger partial charge in [0.2, 0.25) is 0 Å². The van der Waals surface area contributed by atoms with E-state index in [0.29, 0.717) is 6.61 Å². The number of Topliss-reactive ketones (excluding diaryl/α,β-unsaturated/α-hetero) is 1. The molecule has 0 bridgehead atoms. The third kappa shape index (κ3) is 4.53. The molecule has 0 aromatic heterocycles. The highest BCUT2D eigenvalue weighted by Crippen LogP contribution is 2.04. The molecular formula is C8H11O3. The van der Waals surface area contributed by atoms with E-state index in [2.05, 4.69) is 11.7 Å². The van der Waals surface area contributed by atoms with Crippen LogP contribution in [0.25, 0.3) is 0 Å². The number of hydrogen-bond acceptors (Lipinski definition) is 3. The minimum Gasteiger partial charge on any atom is -0.466 e. The topological polar surface area (TPSA) is 43.4 Å². The van der Waals surface area contributed by atoms with Gasteiger partial charge in [0.1, 0.15) is 5.78 Å². The molecule has 0 N–H and O–H groups in total. The van der Waals surface area contributed by atoms with Gasteiger partial charge in [0.05, 0.1) is 18.9 Å². The molecule has 3 radical (unpaired) electrons. The Hall–Kier alpha value is -0.860. The summed E-state index contributed by atoms with van der Waals surface area (Å²) in [7, 11) is 0. The van der Waals surface area contributed by atoms with Crippen LogP contribution in [0.1, 0.15) is 13.8 Å². The van der Waals surface area contributed by atoms with Crippen LogP contribution in [0.5, 0.6) is 0 Å². The number of ether oxygens (including phenoxy) is 1. The Morgan fingerprint density at radius 3 is 2.45 bits per heavy atom. The lowest BCUT2D eigenvalue weighted by molar-refractivity contribution is -0.139. The van der Waals surface area contributed by atoms with E-state index in [0.717, 1.165) is 6.42 Å². The van der Waals surface area contributed by atoms with Gasteiger partial charge in [0, 0.05) is 0 Å². The Balaban J connectivity index is 3.66. The van der Waals surface area contributed by atoms with E-state index >= 15 is 0 Å². The Morgan fingerprint density at radius 1 is 1.55 bits per heavy atom. The van der Waals surface area contributed by atoms with E-state index < -0.39 is 5.97 Å². The minimum absolute atomic E-state index is 0.170. The monoisotopic (exact) mass is 155 g/mol. The van der Waals surface area contributed by atoms with E-state index in [-0.39, 0.29) is 11.7 Å². The molecule has 0 amide bonds.